The van der Waals surface area contributed by atoms with Gasteiger partial charge in [-0.1, -0.05) is 29.8 Å². The SMILES string of the molecule is Cc1ccc([C@H]2CCCN2S(=O)(=O)c2ccc(F)c(F)c2)cc1. The quantitative estimate of drug-likeness (QED) is 0.854. The second kappa shape index (κ2) is 6.02. The second-order valence-corrected chi connectivity index (χ2v) is 7.65. The van der Waals surface area contributed by atoms with Gasteiger partial charge in [0.1, 0.15) is 0 Å². The van der Waals surface area contributed by atoms with Crippen molar-refractivity contribution < 1.29 is 17.2 Å². The summed E-state index contributed by atoms with van der Waals surface area (Å²) in [6.07, 6.45) is 1.45. The molecule has 0 unspecified atom stereocenters. The Kier molecular flexibility index (Phi) is 4.21. The molecule has 23 heavy (non-hydrogen) atoms. The number of hydrogen-bond acceptors (Lipinski definition) is 2. The lowest BCUT2D eigenvalue weighted by molar-refractivity contribution is 0.396. The van der Waals surface area contributed by atoms with Crippen molar-refractivity contribution in [3.05, 3.63) is 65.2 Å². The first kappa shape index (κ1) is 16.1. The first-order valence-electron chi connectivity index (χ1n) is 7.43. The smallest absolute Gasteiger partial charge is 0.207 e. The Hall–Kier alpha value is -1.79. The zero-order valence-electron chi connectivity index (χ0n) is 12.7. The number of aryl methyl sites for hydroxylation is 1. The summed E-state index contributed by atoms with van der Waals surface area (Å²) in [5, 5.41) is 0. The van der Waals surface area contributed by atoms with E-state index in [0.29, 0.717) is 13.0 Å². The van der Waals surface area contributed by atoms with Crippen molar-refractivity contribution in [2.24, 2.45) is 0 Å². The maximum absolute atomic E-state index is 13.4. The predicted molar refractivity (Wildman–Crippen MR) is 83.4 cm³/mol. The molecule has 1 heterocycles. The molecular weight excluding hydrogens is 320 g/mol. The van der Waals surface area contributed by atoms with Crippen molar-refractivity contribution in [1.82, 2.24) is 4.31 Å². The van der Waals surface area contributed by atoms with E-state index in [4.69, 9.17) is 0 Å². The van der Waals surface area contributed by atoms with Gasteiger partial charge < -0.3 is 0 Å². The van der Waals surface area contributed by atoms with Crippen molar-refractivity contribution in [3.63, 3.8) is 0 Å². The molecule has 0 spiro atoms. The molecule has 6 heteroatoms. The van der Waals surface area contributed by atoms with E-state index in [1.807, 2.05) is 31.2 Å². The number of hydrogen-bond donors (Lipinski definition) is 0. The molecule has 2 aromatic carbocycles. The normalized spacial score (nSPS) is 19.2. The van der Waals surface area contributed by atoms with Gasteiger partial charge in [0.2, 0.25) is 10.0 Å². The van der Waals surface area contributed by atoms with Crippen LogP contribution in [0.1, 0.15) is 30.0 Å². The van der Waals surface area contributed by atoms with E-state index in [0.717, 1.165) is 35.7 Å². The zero-order chi connectivity index (χ0) is 16.6. The molecule has 0 aromatic heterocycles. The molecule has 1 aliphatic rings. The predicted octanol–water partition coefficient (Wildman–Crippen LogP) is 3.80. The maximum atomic E-state index is 13.4. The molecule has 3 rings (SSSR count). The van der Waals surface area contributed by atoms with Crippen LogP contribution in [-0.4, -0.2) is 19.3 Å². The van der Waals surface area contributed by atoms with E-state index in [9.17, 15) is 17.2 Å². The van der Waals surface area contributed by atoms with Crippen molar-refractivity contribution in [2.45, 2.75) is 30.7 Å². The standard InChI is InChI=1S/C17H17F2NO2S/c1-12-4-6-13(7-5-12)17-3-2-10-20(17)23(21,22)14-8-9-15(18)16(19)11-14/h4-9,11,17H,2-3,10H2,1H3/t17-/m1/s1. The number of benzene rings is 2. The monoisotopic (exact) mass is 337 g/mol. The first-order valence-corrected chi connectivity index (χ1v) is 8.87. The average Bonchev–Trinajstić information content (AvgIpc) is 3.01. The highest BCUT2D eigenvalue weighted by Crippen LogP contribution is 2.36. The van der Waals surface area contributed by atoms with E-state index in [1.165, 1.54) is 4.31 Å². The van der Waals surface area contributed by atoms with Gasteiger partial charge in [0, 0.05) is 6.54 Å². The number of rotatable bonds is 3. The van der Waals surface area contributed by atoms with Gasteiger partial charge in [-0.05, 0) is 43.5 Å². The van der Waals surface area contributed by atoms with Crippen LogP contribution in [0, 0.1) is 18.6 Å². The molecular formula is C17H17F2NO2S. The zero-order valence-corrected chi connectivity index (χ0v) is 13.5. The van der Waals surface area contributed by atoms with Crippen LogP contribution in [0.5, 0.6) is 0 Å². The highest BCUT2D eigenvalue weighted by molar-refractivity contribution is 7.89. The van der Waals surface area contributed by atoms with E-state index >= 15 is 0 Å². The first-order chi connectivity index (χ1) is 10.9. The van der Waals surface area contributed by atoms with Gasteiger partial charge in [-0.25, -0.2) is 17.2 Å². The second-order valence-electron chi connectivity index (χ2n) is 5.76. The van der Waals surface area contributed by atoms with Crippen LogP contribution in [0.3, 0.4) is 0 Å². The summed E-state index contributed by atoms with van der Waals surface area (Å²) in [6, 6.07) is 10.1. The fourth-order valence-electron chi connectivity index (χ4n) is 2.92. The third kappa shape index (κ3) is 3.01. The lowest BCUT2D eigenvalue weighted by Crippen LogP contribution is -2.30. The molecule has 2 aromatic rings. The van der Waals surface area contributed by atoms with Crippen molar-refractivity contribution in [2.75, 3.05) is 6.54 Å². The van der Waals surface area contributed by atoms with Crippen LogP contribution >= 0.6 is 0 Å². The Balaban J connectivity index is 1.97. The van der Waals surface area contributed by atoms with E-state index in [2.05, 4.69) is 0 Å². The van der Waals surface area contributed by atoms with Crippen molar-refractivity contribution >= 4 is 10.0 Å². The molecule has 0 saturated carbocycles. The molecule has 0 amide bonds. The molecule has 122 valence electrons. The Morgan fingerprint density at radius 3 is 2.39 bits per heavy atom. The summed E-state index contributed by atoms with van der Waals surface area (Å²) < 4.78 is 53.4. The fraction of sp³-hybridized carbons (Fsp3) is 0.294. The summed E-state index contributed by atoms with van der Waals surface area (Å²) in [5.74, 6) is -2.21. The van der Waals surface area contributed by atoms with Crippen molar-refractivity contribution in [1.29, 1.82) is 0 Å². The number of nitrogens with zero attached hydrogens (tertiary/aromatic N) is 1. The van der Waals surface area contributed by atoms with Gasteiger partial charge in [-0.15, -0.1) is 0 Å². The Morgan fingerprint density at radius 2 is 1.74 bits per heavy atom. The van der Waals surface area contributed by atoms with Gasteiger partial charge >= 0.3 is 0 Å². The topological polar surface area (TPSA) is 37.4 Å². The molecule has 1 saturated heterocycles. The van der Waals surface area contributed by atoms with E-state index < -0.39 is 21.7 Å². The summed E-state index contributed by atoms with van der Waals surface area (Å²) in [5.41, 5.74) is 2.01. The Labute approximate surface area is 134 Å². The van der Waals surface area contributed by atoms with Gasteiger partial charge in [0.15, 0.2) is 11.6 Å². The molecule has 1 atom stereocenters. The van der Waals surface area contributed by atoms with Crippen LogP contribution in [0.2, 0.25) is 0 Å². The molecule has 0 N–H and O–H groups in total. The Morgan fingerprint density at radius 1 is 1.04 bits per heavy atom. The van der Waals surface area contributed by atoms with Crippen LogP contribution in [0.4, 0.5) is 8.78 Å². The summed E-state index contributed by atoms with van der Waals surface area (Å²) >= 11 is 0. The number of halogens is 2. The average molecular weight is 337 g/mol. The lowest BCUT2D eigenvalue weighted by atomic mass is 10.0. The molecule has 0 bridgehead atoms. The van der Waals surface area contributed by atoms with E-state index in [-0.39, 0.29) is 10.9 Å². The van der Waals surface area contributed by atoms with Crippen LogP contribution < -0.4 is 0 Å². The molecule has 0 aliphatic carbocycles. The third-order valence-corrected chi connectivity index (χ3v) is 6.07. The fourth-order valence-corrected chi connectivity index (χ4v) is 4.62. The highest BCUT2D eigenvalue weighted by Gasteiger charge is 2.36. The molecule has 0 radical (unpaired) electrons. The van der Waals surface area contributed by atoms with Gasteiger partial charge in [0.25, 0.3) is 0 Å². The van der Waals surface area contributed by atoms with Crippen LogP contribution in [0.25, 0.3) is 0 Å². The van der Waals surface area contributed by atoms with Crippen LogP contribution in [0.15, 0.2) is 47.4 Å². The maximum Gasteiger partial charge on any atom is 0.243 e. The largest absolute Gasteiger partial charge is 0.243 e. The van der Waals surface area contributed by atoms with Crippen molar-refractivity contribution in [3.8, 4) is 0 Å². The summed E-state index contributed by atoms with van der Waals surface area (Å²) in [6.45, 7) is 2.34. The minimum absolute atomic E-state index is 0.213. The van der Waals surface area contributed by atoms with Gasteiger partial charge in [-0.2, -0.15) is 4.31 Å². The van der Waals surface area contributed by atoms with Gasteiger partial charge in [-0.3, -0.25) is 0 Å². The molecule has 1 fully saturated rings. The van der Waals surface area contributed by atoms with E-state index in [1.54, 1.807) is 0 Å². The van der Waals surface area contributed by atoms with Gasteiger partial charge in [0.05, 0.1) is 10.9 Å². The minimum atomic E-state index is -3.86. The number of sulfonamides is 1. The van der Waals surface area contributed by atoms with Crippen LogP contribution in [-0.2, 0) is 10.0 Å². The summed E-state index contributed by atoms with van der Waals surface area (Å²) in [4.78, 5) is -0.213. The molecule has 1 aliphatic heterocycles. The highest BCUT2D eigenvalue weighted by atomic mass is 32.2. The summed E-state index contributed by atoms with van der Waals surface area (Å²) in [7, 11) is -3.86. The third-order valence-electron chi connectivity index (χ3n) is 4.16. The molecule has 3 nitrogen and oxygen atoms in total. The minimum Gasteiger partial charge on any atom is -0.207 e. The Bertz CT molecular complexity index is 819. The lowest BCUT2D eigenvalue weighted by Gasteiger charge is -2.24.